The number of rotatable bonds is 6. The van der Waals surface area contributed by atoms with E-state index >= 15 is 0 Å². The standard InChI is InChI=1S/C18H16BrN7O/c19-14-6-7-17-22-15(11-25(17)10-14)9-20-18(27)16(26-12-21-23-24-26)8-13-4-2-1-3-5-13/h1-7,10-12,16H,8-9H2,(H,20,27). The first-order chi connectivity index (χ1) is 13.2. The van der Waals surface area contributed by atoms with Gasteiger partial charge in [0, 0.05) is 23.3 Å². The topological polar surface area (TPSA) is 90.0 Å². The monoisotopic (exact) mass is 425 g/mol. The Balaban J connectivity index is 1.49. The molecule has 1 unspecified atom stereocenters. The molecule has 1 amide bonds. The highest BCUT2D eigenvalue weighted by molar-refractivity contribution is 9.10. The van der Waals surface area contributed by atoms with Crippen LogP contribution in [-0.4, -0.2) is 35.5 Å². The number of halogens is 1. The molecule has 0 bridgehead atoms. The molecule has 136 valence electrons. The predicted octanol–water partition coefficient (Wildman–Crippen LogP) is 2.18. The van der Waals surface area contributed by atoms with Gasteiger partial charge in [-0.1, -0.05) is 30.3 Å². The molecule has 3 aromatic heterocycles. The van der Waals surface area contributed by atoms with Crippen LogP contribution in [0.1, 0.15) is 17.3 Å². The van der Waals surface area contributed by atoms with Crippen molar-refractivity contribution in [2.45, 2.75) is 19.0 Å². The lowest BCUT2D eigenvalue weighted by atomic mass is 10.1. The number of hydrogen-bond acceptors (Lipinski definition) is 5. The van der Waals surface area contributed by atoms with Crippen LogP contribution < -0.4 is 5.32 Å². The van der Waals surface area contributed by atoms with Crippen LogP contribution in [-0.2, 0) is 17.8 Å². The summed E-state index contributed by atoms with van der Waals surface area (Å²) in [6.45, 7) is 0.325. The molecule has 0 saturated carbocycles. The molecule has 0 aliphatic rings. The second-order valence-electron chi connectivity index (χ2n) is 6.06. The van der Waals surface area contributed by atoms with Crippen LogP contribution in [0.25, 0.3) is 5.65 Å². The second kappa shape index (κ2) is 7.67. The highest BCUT2D eigenvalue weighted by Crippen LogP contribution is 2.15. The van der Waals surface area contributed by atoms with Crippen LogP contribution in [0, 0.1) is 0 Å². The average molecular weight is 426 g/mol. The molecule has 1 atom stereocenters. The normalized spacial score (nSPS) is 12.2. The minimum absolute atomic E-state index is 0.163. The summed E-state index contributed by atoms with van der Waals surface area (Å²) in [7, 11) is 0. The van der Waals surface area contributed by atoms with Crippen molar-refractivity contribution in [2.24, 2.45) is 0 Å². The van der Waals surface area contributed by atoms with Gasteiger partial charge in [-0.25, -0.2) is 9.67 Å². The fourth-order valence-corrected chi connectivity index (χ4v) is 3.21. The first kappa shape index (κ1) is 17.3. The van der Waals surface area contributed by atoms with Gasteiger partial charge >= 0.3 is 0 Å². The zero-order valence-electron chi connectivity index (χ0n) is 14.2. The van der Waals surface area contributed by atoms with E-state index in [2.05, 4.69) is 41.8 Å². The Morgan fingerprint density at radius 3 is 2.78 bits per heavy atom. The molecule has 9 heteroatoms. The number of carbonyl (C=O) groups excluding carboxylic acids is 1. The highest BCUT2D eigenvalue weighted by atomic mass is 79.9. The maximum atomic E-state index is 12.8. The van der Waals surface area contributed by atoms with Gasteiger partial charge in [-0.2, -0.15) is 0 Å². The van der Waals surface area contributed by atoms with Crippen LogP contribution in [0.15, 0.2) is 65.7 Å². The van der Waals surface area contributed by atoms with Crippen LogP contribution in [0.3, 0.4) is 0 Å². The van der Waals surface area contributed by atoms with Crippen molar-refractivity contribution in [1.82, 2.24) is 34.9 Å². The Morgan fingerprint density at radius 1 is 1.15 bits per heavy atom. The predicted molar refractivity (Wildman–Crippen MR) is 102 cm³/mol. The maximum absolute atomic E-state index is 12.8. The Morgan fingerprint density at radius 2 is 2.00 bits per heavy atom. The number of carbonyl (C=O) groups is 1. The van der Waals surface area contributed by atoms with Gasteiger partial charge in [-0.05, 0) is 44.1 Å². The number of nitrogens with zero attached hydrogens (tertiary/aromatic N) is 6. The van der Waals surface area contributed by atoms with Crippen LogP contribution in [0.2, 0.25) is 0 Å². The van der Waals surface area contributed by atoms with E-state index in [9.17, 15) is 4.79 Å². The molecule has 3 heterocycles. The SMILES string of the molecule is O=C(NCc1cn2cc(Br)ccc2n1)C(Cc1ccccc1)n1cnnn1. The van der Waals surface area contributed by atoms with Crippen molar-refractivity contribution in [1.29, 1.82) is 0 Å². The lowest BCUT2D eigenvalue weighted by molar-refractivity contribution is -0.124. The summed E-state index contributed by atoms with van der Waals surface area (Å²) in [5.74, 6) is -0.163. The van der Waals surface area contributed by atoms with Crippen molar-refractivity contribution in [3.05, 3.63) is 76.9 Å². The molecule has 4 rings (SSSR count). The van der Waals surface area contributed by atoms with E-state index in [0.29, 0.717) is 13.0 Å². The van der Waals surface area contributed by atoms with Gasteiger partial charge in [-0.15, -0.1) is 5.10 Å². The third kappa shape index (κ3) is 4.03. The van der Waals surface area contributed by atoms with Crippen molar-refractivity contribution in [3.8, 4) is 0 Å². The molecule has 1 aromatic carbocycles. The summed E-state index contributed by atoms with van der Waals surface area (Å²) in [6, 6.07) is 13.1. The zero-order valence-corrected chi connectivity index (χ0v) is 15.8. The summed E-state index contributed by atoms with van der Waals surface area (Å²) in [5.41, 5.74) is 2.63. The Hall–Kier alpha value is -3.07. The fraction of sp³-hybridized carbons (Fsp3) is 0.167. The Kier molecular flexibility index (Phi) is 4.93. The molecule has 0 spiro atoms. The number of tetrazole rings is 1. The number of amides is 1. The largest absolute Gasteiger partial charge is 0.349 e. The first-order valence-electron chi connectivity index (χ1n) is 8.36. The van der Waals surface area contributed by atoms with E-state index < -0.39 is 6.04 Å². The van der Waals surface area contributed by atoms with Gasteiger partial charge < -0.3 is 9.72 Å². The van der Waals surface area contributed by atoms with E-state index in [0.717, 1.165) is 21.4 Å². The molecular formula is C18H16BrN7O. The molecule has 27 heavy (non-hydrogen) atoms. The minimum atomic E-state index is -0.534. The third-order valence-corrected chi connectivity index (χ3v) is 4.64. The lowest BCUT2D eigenvalue weighted by Gasteiger charge is -2.16. The molecular weight excluding hydrogens is 410 g/mol. The number of pyridine rings is 1. The number of nitrogens with one attached hydrogen (secondary N) is 1. The number of benzene rings is 1. The summed E-state index contributed by atoms with van der Waals surface area (Å²) < 4.78 is 4.35. The number of imidazole rings is 1. The third-order valence-electron chi connectivity index (χ3n) is 4.17. The van der Waals surface area contributed by atoms with Crippen LogP contribution in [0.5, 0.6) is 0 Å². The van der Waals surface area contributed by atoms with Crippen molar-refractivity contribution in [3.63, 3.8) is 0 Å². The average Bonchev–Trinajstić information content (AvgIpc) is 3.34. The molecule has 4 aromatic rings. The number of hydrogen-bond donors (Lipinski definition) is 1. The molecule has 0 fully saturated rings. The van der Waals surface area contributed by atoms with Crippen molar-refractivity contribution >= 4 is 27.5 Å². The summed E-state index contributed by atoms with van der Waals surface area (Å²) in [4.78, 5) is 17.3. The lowest BCUT2D eigenvalue weighted by Crippen LogP contribution is -2.34. The van der Waals surface area contributed by atoms with Gasteiger partial charge in [0.05, 0.1) is 12.2 Å². The van der Waals surface area contributed by atoms with Gasteiger partial charge in [0.2, 0.25) is 5.91 Å². The van der Waals surface area contributed by atoms with E-state index in [1.165, 1.54) is 11.0 Å². The molecule has 0 aliphatic heterocycles. The van der Waals surface area contributed by atoms with Crippen LogP contribution in [0.4, 0.5) is 0 Å². The maximum Gasteiger partial charge on any atom is 0.245 e. The molecule has 1 N–H and O–H groups in total. The number of fused-ring (bicyclic) bond motifs is 1. The second-order valence-corrected chi connectivity index (χ2v) is 6.97. The van der Waals surface area contributed by atoms with Gasteiger partial charge in [0.15, 0.2) is 0 Å². The quantitative estimate of drug-likeness (QED) is 0.511. The first-order valence-corrected chi connectivity index (χ1v) is 9.15. The van der Waals surface area contributed by atoms with Crippen molar-refractivity contribution in [2.75, 3.05) is 0 Å². The molecule has 0 radical (unpaired) electrons. The van der Waals surface area contributed by atoms with Gasteiger partial charge in [0.25, 0.3) is 0 Å². The minimum Gasteiger partial charge on any atom is -0.349 e. The summed E-state index contributed by atoms with van der Waals surface area (Å²) in [5, 5.41) is 14.2. The van der Waals surface area contributed by atoms with E-state index in [1.54, 1.807) is 0 Å². The molecule has 8 nitrogen and oxygen atoms in total. The van der Waals surface area contributed by atoms with Gasteiger partial charge in [-0.3, -0.25) is 4.79 Å². The molecule has 0 aliphatic carbocycles. The van der Waals surface area contributed by atoms with E-state index in [4.69, 9.17) is 0 Å². The van der Waals surface area contributed by atoms with Crippen LogP contribution >= 0.6 is 15.9 Å². The van der Waals surface area contributed by atoms with Gasteiger partial charge in [0.1, 0.15) is 18.0 Å². The van der Waals surface area contributed by atoms with E-state index in [-0.39, 0.29) is 5.91 Å². The number of aromatic nitrogens is 6. The Bertz CT molecular complexity index is 1050. The Labute approximate surface area is 163 Å². The van der Waals surface area contributed by atoms with Crippen molar-refractivity contribution < 1.29 is 4.79 Å². The fourth-order valence-electron chi connectivity index (χ4n) is 2.85. The summed E-state index contributed by atoms with van der Waals surface area (Å²) >= 11 is 3.44. The smallest absolute Gasteiger partial charge is 0.245 e. The zero-order chi connectivity index (χ0) is 18.6. The highest BCUT2D eigenvalue weighted by Gasteiger charge is 2.22. The summed E-state index contributed by atoms with van der Waals surface area (Å²) in [6.07, 6.45) is 5.77. The molecule has 0 saturated heterocycles. The van der Waals surface area contributed by atoms with E-state index in [1.807, 2.05) is 59.3 Å².